The van der Waals surface area contributed by atoms with Gasteiger partial charge in [0, 0.05) is 12.7 Å². The number of rotatable bonds is 3. The number of fused-ring (bicyclic) bond motifs is 1. The average Bonchev–Trinajstić information content (AvgIpc) is 3.18. The van der Waals surface area contributed by atoms with E-state index < -0.39 is 0 Å². The van der Waals surface area contributed by atoms with Gasteiger partial charge in [-0.3, -0.25) is 10.2 Å². The van der Waals surface area contributed by atoms with Crippen LogP contribution >= 0.6 is 0 Å². The summed E-state index contributed by atoms with van der Waals surface area (Å²) in [6.45, 7) is 0.942. The van der Waals surface area contributed by atoms with Gasteiger partial charge in [-0.15, -0.1) is 5.10 Å². The third kappa shape index (κ3) is 3.18. The lowest BCUT2D eigenvalue weighted by Gasteiger charge is -2.26. The van der Waals surface area contributed by atoms with Gasteiger partial charge in [-0.1, -0.05) is 36.4 Å². The molecule has 2 atom stereocenters. The van der Waals surface area contributed by atoms with Gasteiger partial charge in [0.2, 0.25) is 0 Å². The topological polar surface area (TPSA) is 74.6 Å². The van der Waals surface area contributed by atoms with Crippen molar-refractivity contribution in [2.75, 3.05) is 18.9 Å². The van der Waals surface area contributed by atoms with Crippen LogP contribution in [0.3, 0.4) is 0 Å². The van der Waals surface area contributed by atoms with Gasteiger partial charge in [-0.2, -0.15) is 4.98 Å². The second kappa shape index (κ2) is 6.52. The Hall–Kier alpha value is -2.93. The summed E-state index contributed by atoms with van der Waals surface area (Å²) < 4.78 is 1.63. The van der Waals surface area contributed by atoms with Gasteiger partial charge in [0.15, 0.2) is 5.65 Å². The number of hydrogen-bond donors (Lipinski definition) is 2. The van der Waals surface area contributed by atoms with Crippen molar-refractivity contribution in [3.8, 4) is 0 Å². The highest BCUT2D eigenvalue weighted by atomic mass is 16.2. The van der Waals surface area contributed by atoms with Crippen molar-refractivity contribution in [3.05, 3.63) is 60.3 Å². The predicted octanol–water partition coefficient (Wildman–Crippen LogP) is 2.30. The maximum absolute atomic E-state index is 12.4. The zero-order valence-electron chi connectivity index (χ0n) is 14.0. The summed E-state index contributed by atoms with van der Waals surface area (Å²) in [6, 6.07) is 15.8. The predicted molar refractivity (Wildman–Crippen MR) is 95.4 cm³/mol. The molecule has 0 unspecified atom stereocenters. The SMILES string of the molecule is CN1CC[C@H](NC(=O)Nc2nc3ccccn3n2)[C@H]1c1ccccc1. The zero-order chi connectivity index (χ0) is 17.2. The first-order valence-electron chi connectivity index (χ1n) is 8.35. The van der Waals surface area contributed by atoms with Gasteiger partial charge < -0.3 is 5.32 Å². The fourth-order valence-corrected chi connectivity index (χ4v) is 3.43. The quantitative estimate of drug-likeness (QED) is 0.770. The number of likely N-dealkylation sites (N-methyl/N-ethyl adjacent to an activating group) is 1. The number of nitrogens with one attached hydrogen (secondary N) is 2. The molecule has 1 fully saturated rings. The Morgan fingerprint density at radius 1 is 1.16 bits per heavy atom. The molecule has 0 aliphatic carbocycles. The summed E-state index contributed by atoms with van der Waals surface area (Å²) in [5.74, 6) is 0.298. The Morgan fingerprint density at radius 2 is 1.96 bits per heavy atom. The molecule has 3 heterocycles. The Bertz CT molecular complexity index is 844. The van der Waals surface area contributed by atoms with Crippen LogP contribution in [0, 0.1) is 0 Å². The fourth-order valence-electron chi connectivity index (χ4n) is 3.43. The minimum Gasteiger partial charge on any atom is -0.333 e. The van der Waals surface area contributed by atoms with E-state index >= 15 is 0 Å². The van der Waals surface area contributed by atoms with Crippen molar-refractivity contribution < 1.29 is 4.79 Å². The highest BCUT2D eigenvalue weighted by molar-refractivity contribution is 5.87. The minimum absolute atomic E-state index is 0.0458. The van der Waals surface area contributed by atoms with E-state index in [0.29, 0.717) is 11.6 Å². The van der Waals surface area contributed by atoms with Crippen LogP contribution in [0.4, 0.5) is 10.7 Å². The lowest BCUT2D eigenvalue weighted by molar-refractivity contribution is 0.240. The number of carbonyl (C=O) groups excluding carboxylic acids is 1. The van der Waals surface area contributed by atoms with Crippen LogP contribution in [-0.2, 0) is 0 Å². The van der Waals surface area contributed by atoms with E-state index in [-0.39, 0.29) is 18.1 Å². The zero-order valence-corrected chi connectivity index (χ0v) is 14.0. The lowest BCUT2D eigenvalue weighted by Crippen LogP contribution is -2.41. The normalized spacial score (nSPS) is 20.7. The van der Waals surface area contributed by atoms with E-state index in [1.54, 1.807) is 10.7 Å². The molecule has 1 saturated heterocycles. The van der Waals surface area contributed by atoms with Crippen LogP contribution in [0.25, 0.3) is 5.65 Å². The number of carbonyl (C=O) groups is 1. The Morgan fingerprint density at radius 3 is 2.76 bits per heavy atom. The van der Waals surface area contributed by atoms with Crippen LogP contribution < -0.4 is 10.6 Å². The molecule has 7 nitrogen and oxygen atoms in total. The highest BCUT2D eigenvalue weighted by Gasteiger charge is 2.34. The largest absolute Gasteiger partial charge is 0.333 e. The van der Waals surface area contributed by atoms with Crippen LogP contribution in [-0.4, -0.2) is 45.2 Å². The van der Waals surface area contributed by atoms with Crippen molar-refractivity contribution in [2.45, 2.75) is 18.5 Å². The van der Waals surface area contributed by atoms with E-state index in [9.17, 15) is 4.79 Å². The molecule has 3 aromatic rings. The van der Waals surface area contributed by atoms with Crippen LogP contribution in [0.5, 0.6) is 0 Å². The first-order chi connectivity index (χ1) is 12.2. The molecule has 25 heavy (non-hydrogen) atoms. The van der Waals surface area contributed by atoms with Crippen molar-refractivity contribution in [1.29, 1.82) is 0 Å². The van der Waals surface area contributed by atoms with Gasteiger partial charge in [0.05, 0.1) is 12.1 Å². The maximum Gasteiger partial charge on any atom is 0.321 e. The maximum atomic E-state index is 12.4. The standard InChI is InChI=1S/C18H20N6O/c1-23-12-10-14(16(23)13-7-3-2-4-8-13)19-18(25)21-17-20-15-9-5-6-11-24(15)22-17/h2-9,11,14,16H,10,12H2,1H3,(H2,19,21,22,25)/t14-,16+/m0/s1. The van der Waals surface area contributed by atoms with Gasteiger partial charge in [0.1, 0.15) is 0 Å². The second-order valence-electron chi connectivity index (χ2n) is 6.27. The fraction of sp³-hybridized carbons (Fsp3) is 0.278. The molecule has 2 N–H and O–H groups in total. The van der Waals surface area contributed by atoms with Gasteiger partial charge >= 0.3 is 6.03 Å². The molecular formula is C18H20N6O. The number of urea groups is 1. The van der Waals surface area contributed by atoms with Gasteiger partial charge in [-0.25, -0.2) is 9.31 Å². The number of anilines is 1. The van der Waals surface area contributed by atoms with Gasteiger partial charge in [-0.05, 0) is 31.2 Å². The molecule has 7 heteroatoms. The summed E-state index contributed by atoms with van der Waals surface area (Å²) in [4.78, 5) is 19.0. The number of nitrogens with zero attached hydrogens (tertiary/aromatic N) is 4. The van der Waals surface area contributed by atoms with Crippen molar-refractivity contribution in [1.82, 2.24) is 24.8 Å². The molecule has 1 aromatic carbocycles. The van der Waals surface area contributed by atoms with Crippen LogP contribution in [0.15, 0.2) is 54.7 Å². The molecule has 128 valence electrons. The molecule has 0 saturated carbocycles. The Labute approximate surface area is 145 Å². The third-order valence-electron chi connectivity index (χ3n) is 4.57. The molecule has 2 aromatic heterocycles. The van der Waals surface area contributed by atoms with E-state index in [4.69, 9.17) is 0 Å². The third-order valence-corrected chi connectivity index (χ3v) is 4.57. The van der Waals surface area contributed by atoms with Crippen molar-refractivity contribution in [3.63, 3.8) is 0 Å². The van der Waals surface area contributed by atoms with E-state index in [0.717, 1.165) is 13.0 Å². The van der Waals surface area contributed by atoms with E-state index in [2.05, 4.69) is 44.8 Å². The molecule has 2 amide bonds. The van der Waals surface area contributed by atoms with E-state index in [1.165, 1.54) is 5.56 Å². The first-order valence-corrected chi connectivity index (χ1v) is 8.35. The summed E-state index contributed by atoms with van der Waals surface area (Å²) in [5.41, 5.74) is 1.90. The smallest absolute Gasteiger partial charge is 0.321 e. The molecule has 1 aliphatic heterocycles. The van der Waals surface area contributed by atoms with Gasteiger partial charge in [0.25, 0.3) is 5.95 Å². The number of aromatic nitrogens is 3. The Kier molecular flexibility index (Phi) is 4.07. The Balaban J connectivity index is 1.46. The molecular weight excluding hydrogens is 316 g/mol. The van der Waals surface area contributed by atoms with Crippen molar-refractivity contribution in [2.24, 2.45) is 0 Å². The number of benzene rings is 1. The molecule has 0 radical (unpaired) electrons. The molecule has 0 bridgehead atoms. The number of likely N-dealkylation sites (tertiary alicyclic amines) is 1. The first kappa shape index (κ1) is 15.6. The molecule has 4 rings (SSSR count). The van der Waals surface area contributed by atoms with Crippen molar-refractivity contribution >= 4 is 17.6 Å². The van der Waals surface area contributed by atoms with Crippen LogP contribution in [0.2, 0.25) is 0 Å². The summed E-state index contributed by atoms with van der Waals surface area (Å²) in [6.07, 6.45) is 2.70. The summed E-state index contributed by atoms with van der Waals surface area (Å²) >= 11 is 0. The second-order valence-corrected chi connectivity index (χ2v) is 6.27. The number of amides is 2. The number of pyridine rings is 1. The number of hydrogen-bond acceptors (Lipinski definition) is 4. The molecule has 1 aliphatic rings. The lowest BCUT2D eigenvalue weighted by atomic mass is 10.0. The highest BCUT2D eigenvalue weighted by Crippen LogP contribution is 2.30. The summed E-state index contributed by atoms with van der Waals surface area (Å²) in [5, 5.41) is 10.0. The average molecular weight is 336 g/mol. The minimum atomic E-state index is -0.280. The van der Waals surface area contributed by atoms with E-state index in [1.807, 2.05) is 36.4 Å². The summed E-state index contributed by atoms with van der Waals surface area (Å²) in [7, 11) is 2.08. The molecule has 0 spiro atoms. The monoisotopic (exact) mass is 336 g/mol. The van der Waals surface area contributed by atoms with Crippen LogP contribution in [0.1, 0.15) is 18.0 Å².